The summed E-state index contributed by atoms with van der Waals surface area (Å²) in [5.74, 6) is 0. The number of rotatable bonds is 0. The van der Waals surface area contributed by atoms with Gasteiger partial charge in [-0.2, -0.15) is 0 Å². The number of hydrogen-bond acceptors (Lipinski definition) is 2. The van der Waals surface area contributed by atoms with Crippen LogP contribution in [0, 0.1) is 0 Å². The van der Waals surface area contributed by atoms with Crippen LogP contribution in [0.5, 0.6) is 0 Å². The van der Waals surface area contributed by atoms with Crippen molar-refractivity contribution in [1.29, 1.82) is 0 Å². The molecule has 0 aliphatic carbocycles. The maximum absolute atomic E-state index is 4.16. The van der Waals surface area contributed by atoms with Crippen molar-refractivity contribution in [3.63, 3.8) is 0 Å². The number of hydrogen-bond donors (Lipinski definition) is 2. The maximum Gasteiger partial charge on any atom is 0.0259 e. The maximum atomic E-state index is 4.16. The van der Waals surface area contributed by atoms with Crippen molar-refractivity contribution >= 4 is 12.6 Å². The van der Waals surface area contributed by atoms with Crippen molar-refractivity contribution in [2.45, 2.75) is 6.42 Å². The van der Waals surface area contributed by atoms with E-state index in [1.165, 1.54) is 4.91 Å². The highest BCUT2D eigenvalue weighted by Crippen LogP contribution is 2.02. The summed E-state index contributed by atoms with van der Waals surface area (Å²) in [5.41, 5.74) is 0. The lowest BCUT2D eigenvalue weighted by atomic mass is 10.3. The molecule has 0 fully saturated rings. The summed E-state index contributed by atoms with van der Waals surface area (Å²) in [4.78, 5) is 1.17. The van der Waals surface area contributed by atoms with E-state index in [1.54, 1.807) is 0 Å². The Morgan fingerprint density at radius 1 is 1.71 bits per heavy atom. The predicted octanol–water partition coefficient (Wildman–Crippen LogP) is 0.793. The fourth-order valence-corrected chi connectivity index (χ4v) is 0.870. The van der Waals surface area contributed by atoms with Crippen LogP contribution >= 0.6 is 12.6 Å². The molecule has 0 aromatic carbocycles. The minimum atomic E-state index is 0.961. The van der Waals surface area contributed by atoms with Gasteiger partial charge in [0.2, 0.25) is 0 Å². The Kier molecular flexibility index (Phi) is 1.77. The Bertz CT molecular complexity index is 88.1. The monoisotopic (exact) mass is 115 g/mol. The average Bonchev–Trinajstić information content (AvgIpc) is 1.69. The zero-order valence-corrected chi connectivity index (χ0v) is 5.04. The molecule has 1 nitrogen and oxygen atoms in total. The third-order valence-corrected chi connectivity index (χ3v) is 1.35. The first-order valence-corrected chi connectivity index (χ1v) is 2.93. The summed E-state index contributed by atoms with van der Waals surface area (Å²) in [7, 11) is 0. The molecule has 0 aromatic heterocycles. The van der Waals surface area contributed by atoms with Gasteiger partial charge in [-0.15, -0.1) is 12.6 Å². The van der Waals surface area contributed by atoms with E-state index >= 15 is 0 Å². The van der Waals surface area contributed by atoms with Crippen molar-refractivity contribution in [1.82, 2.24) is 5.32 Å². The number of nitrogens with one attached hydrogen (secondary N) is 1. The Labute approximate surface area is 49.2 Å². The largest absolute Gasteiger partial charge is 0.312 e. The van der Waals surface area contributed by atoms with Gasteiger partial charge < -0.3 is 5.32 Å². The Morgan fingerprint density at radius 2 is 2.57 bits per heavy atom. The summed E-state index contributed by atoms with van der Waals surface area (Å²) in [5, 5.41) is 3.19. The normalized spacial score (nSPS) is 21.6. The molecule has 1 aliphatic heterocycles. The van der Waals surface area contributed by atoms with E-state index in [0.717, 1.165) is 19.5 Å². The van der Waals surface area contributed by atoms with Crippen LogP contribution in [0.15, 0.2) is 11.0 Å². The van der Waals surface area contributed by atoms with Gasteiger partial charge >= 0.3 is 0 Å². The molecular weight excluding hydrogens is 106 g/mol. The lowest BCUT2D eigenvalue weighted by Crippen LogP contribution is -2.19. The lowest BCUT2D eigenvalue weighted by Gasteiger charge is -2.07. The third kappa shape index (κ3) is 1.53. The smallest absolute Gasteiger partial charge is 0.0259 e. The third-order valence-electron chi connectivity index (χ3n) is 1.01. The Hall–Kier alpha value is 0.0500. The van der Waals surface area contributed by atoms with Gasteiger partial charge in [0.15, 0.2) is 0 Å². The van der Waals surface area contributed by atoms with Crippen LogP contribution in [0.4, 0.5) is 0 Å². The van der Waals surface area contributed by atoms with Crippen molar-refractivity contribution in [3.8, 4) is 0 Å². The molecule has 1 rings (SSSR count). The molecular formula is C5H9NS. The van der Waals surface area contributed by atoms with E-state index in [9.17, 15) is 0 Å². The van der Waals surface area contributed by atoms with Gasteiger partial charge in [-0.25, -0.2) is 0 Å². The molecule has 0 spiro atoms. The van der Waals surface area contributed by atoms with E-state index in [-0.39, 0.29) is 0 Å². The summed E-state index contributed by atoms with van der Waals surface area (Å²) < 4.78 is 0. The summed E-state index contributed by atoms with van der Waals surface area (Å²) in [6.45, 7) is 2.08. The van der Waals surface area contributed by atoms with E-state index < -0.39 is 0 Å². The Balaban J connectivity index is 2.40. The second-order valence-electron chi connectivity index (χ2n) is 1.66. The van der Waals surface area contributed by atoms with Gasteiger partial charge in [0, 0.05) is 6.54 Å². The highest BCUT2D eigenvalue weighted by atomic mass is 32.1. The zero-order valence-electron chi connectivity index (χ0n) is 4.15. The second kappa shape index (κ2) is 2.38. The van der Waals surface area contributed by atoms with E-state index in [0.29, 0.717) is 0 Å². The standard InChI is InChI=1S/C5H9NS/c7-5-2-1-3-6-4-5/h2,6-7H,1,3-4H2. The molecule has 0 unspecified atom stereocenters. The average molecular weight is 115 g/mol. The van der Waals surface area contributed by atoms with Gasteiger partial charge in [0.1, 0.15) is 0 Å². The molecule has 1 aliphatic rings. The molecule has 40 valence electrons. The first-order chi connectivity index (χ1) is 3.39. The number of thiol groups is 1. The van der Waals surface area contributed by atoms with Gasteiger partial charge in [-0.05, 0) is 17.9 Å². The van der Waals surface area contributed by atoms with Crippen molar-refractivity contribution in [2.75, 3.05) is 13.1 Å². The van der Waals surface area contributed by atoms with Crippen LogP contribution < -0.4 is 5.32 Å². The van der Waals surface area contributed by atoms with E-state index in [1.807, 2.05) is 0 Å². The van der Waals surface area contributed by atoms with Crippen LogP contribution in [-0.2, 0) is 0 Å². The summed E-state index contributed by atoms with van der Waals surface area (Å²) in [6, 6.07) is 0. The topological polar surface area (TPSA) is 12.0 Å². The minimum absolute atomic E-state index is 0.961. The van der Waals surface area contributed by atoms with Gasteiger partial charge in [0.25, 0.3) is 0 Å². The first-order valence-electron chi connectivity index (χ1n) is 2.48. The van der Waals surface area contributed by atoms with Crippen LogP contribution in [0.2, 0.25) is 0 Å². The molecule has 0 bridgehead atoms. The van der Waals surface area contributed by atoms with Crippen LogP contribution in [-0.4, -0.2) is 13.1 Å². The molecule has 0 aromatic rings. The van der Waals surface area contributed by atoms with Gasteiger partial charge in [-0.3, -0.25) is 0 Å². The highest BCUT2D eigenvalue weighted by molar-refractivity contribution is 7.84. The van der Waals surface area contributed by atoms with Crippen molar-refractivity contribution < 1.29 is 0 Å². The molecule has 0 atom stereocenters. The van der Waals surface area contributed by atoms with E-state index in [2.05, 4.69) is 24.0 Å². The molecule has 0 saturated carbocycles. The van der Waals surface area contributed by atoms with Crippen molar-refractivity contribution in [2.24, 2.45) is 0 Å². The van der Waals surface area contributed by atoms with Gasteiger partial charge in [-0.1, -0.05) is 6.08 Å². The van der Waals surface area contributed by atoms with Crippen LogP contribution in [0.3, 0.4) is 0 Å². The fourth-order valence-electron chi connectivity index (χ4n) is 0.629. The summed E-state index contributed by atoms with van der Waals surface area (Å²) in [6.07, 6.45) is 3.29. The molecule has 2 heteroatoms. The highest BCUT2D eigenvalue weighted by Gasteiger charge is 1.94. The van der Waals surface area contributed by atoms with E-state index in [4.69, 9.17) is 0 Å². The zero-order chi connectivity index (χ0) is 5.11. The quantitative estimate of drug-likeness (QED) is 0.445. The molecule has 1 N–H and O–H groups in total. The molecule has 0 radical (unpaired) electrons. The van der Waals surface area contributed by atoms with Gasteiger partial charge in [0.05, 0.1) is 0 Å². The lowest BCUT2D eigenvalue weighted by molar-refractivity contribution is 0.723. The first kappa shape index (κ1) is 5.19. The molecule has 0 saturated heterocycles. The molecule has 1 heterocycles. The molecule has 7 heavy (non-hydrogen) atoms. The molecule has 0 amide bonds. The second-order valence-corrected chi connectivity index (χ2v) is 2.24. The van der Waals surface area contributed by atoms with Crippen molar-refractivity contribution in [3.05, 3.63) is 11.0 Å². The fraction of sp³-hybridized carbons (Fsp3) is 0.600. The SMILES string of the molecule is SC1=CCCNC1. The predicted molar refractivity (Wildman–Crippen MR) is 34.6 cm³/mol. The van der Waals surface area contributed by atoms with Crippen LogP contribution in [0.25, 0.3) is 0 Å². The summed E-state index contributed by atoms with van der Waals surface area (Å²) >= 11 is 4.16. The Morgan fingerprint density at radius 3 is 2.86 bits per heavy atom. The minimum Gasteiger partial charge on any atom is -0.312 e. The van der Waals surface area contributed by atoms with Crippen LogP contribution in [0.1, 0.15) is 6.42 Å².